The number of ether oxygens (including phenoxy) is 1. The number of benzene rings is 2. The number of carbonyl (C=O) groups is 2. The van der Waals surface area contributed by atoms with Gasteiger partial charge >= 0.3 is 5.97 Å². The molecule has 148 valence electrons. The van der Waals surface area contributed by atoms with Crippen LogP contribution in [0.1, 0.15) is 22.3 Å². The molecule has 1 amide bonds. The van der Waals surface area contributed by atoms with Crippen LogP contribution in [0.2, 0.25) is 5.02 Å². The van der Waals surface area contributed by atoms with Crippen molar-refractivity contribution in [1.29, 1.82) is 0 Å². The fraction of sp³-hybridized carbons (Fsp3) is 0.333. The van der Waals surface area contributed by atoms with Gasteiger partial charge in [0.15, 0.2) is 0 Å². The summed E-state index contributed by atoms with van der Waals surface area (Å²) in [5.74, 6) is -1.32. The summed E-state index contributed by atoms with van der Waals surface area (Å²) in [4.78, 5) is 26.2. The zero-order valence-electron chi connectivity index (χ0n) is 15.7. The van der Waals surface area contributed by atoms with Crippen molar-refractivity contribution < 1.29 is 19.4 Å². The zero-order chi connectivity index (χ0) is 20.1. The summed E-state index contributed by atoms with van der Waals surface area (Å²) in [6, 6.07) is 10.5. The fourth-order valence-corrected chi connectivity index (χ4v) is 3.49. The van der Waals surface area contributed by atoms with Crippen LogP contribution in [-0.2, 0) is 9.53 Å². The Morgan fingerprint density at radius 1 is 1.18 bits per heavy atom. The number of hydrogen-bond acceptors (Lipinski definition) is 4. The third-order valence-electron chi connectivity index (χ3n) is 4.72. The smallest absolute Gasteiger partial charge is 0.337 e. The standard InChI is InChI=1S/C21H23ClN2O4/c1-14-2-4-16(18(22)12-14)15-3-5-19(17(13-15)21(26)27)23-20(25)6-7-24-8-10-28-11-9-24/h2-5,12-13H,6-11H2,1H3,(H,23,25)(H,26,27). The molecule has 0 atom stereocenters. The molecular weight excluding hydrogens is 380 g/mol. The van der Waals surface area contributed by atoms with E-state index in [-0.39, 0.29) is 17.2 Å². The van der Waals surface area contributed by atoms with E-state index in [0.717, 1.165) is 24.2 Å². The molecule has 0 aliphatic carbocycles. The third kappa shape index (κ3) is 5.10. The number of hydrogen-bond donors (Lipinski definition) is 2. The number of carboxylic acids is 1. The van der Waals surface area contributed by atoms with Crippen LogP contribution >= 0.6 is 11.6 Å². The van der Waals surface area contributed by atoms with E-state index in [4.69, 9.17) is 16.3 Å². The minimum absolute atomic E-state index is 0.0360. The van der Waals surface area contributed by atoms with E-state index in [2.05, 4.69) is 10.2 Å². The fourth-order valence-electron chi connectivity index (χ4n) is 3.15. The maximum atomic E-state index is 12.3. The molecule has 0 unspecified atom stereocenters. The first kappa shape index (κ1) is 20.3. The lowest BCUT2D eigenvalue weighted by molar-refractivity contribution is -0.116. The normalized spacial score (nSPS) is 14.6. The predicted octanol–water partition coefficient (Wildman–Crippen LogP) is 3.67. The minimum Gasteiger partial charge on any atom is -0.478 e. The monoisotopic (exact) mass is 402 g/mol. The van der Waals surface area contributed by atoms with Gasteiger partial charge in [-0.05, 0) is 36.2 Å². The third-order valence-corrected chi connectivity index (χ3v) is 5.03. The molecule has 2 aromatic rings. The van der Waals surface area contributed by atoms with Crippen LogP contribution in [-0.4, -0.2) is 54.7 Å². The van der Waals surface area contributed by atoms with Crippen molar-refractivity contribution in [3.8, 4) is 11.1 Å². The Hall–Kier alpha value is -2.41. The first-order valence-electron chi connectivity index (χ1n) is 9.18. The highest BCUT2D eigenvalue weighted by atomic mass is 35.5. The number of aromatic carboxylic acids is 1. The highest BCUT2D eigenvalue weighted by Crippen LogP contribution is 2.31. The summed E-state index contributed by atoms with van der Waals surface area (Å²) in [6.45, 7) is 5.52. The summed E-state index contributed by atoms with van der Waals surface area (Å²) in [5, 5.41) is 12.9. The molecule has 1 aliphatic rings. The second-order valence-corrected chi connectivity index (χ2v) is 7.21. The molecule has 1 saturated heterocycles. The highest BCUT2D eigenvalue weighted by molar-refractivity contribution is 6.33. The SMILES string of the molecule is Cc1ccc(-c2ccc(NC(=O)CCN3CCOCC3)c(C(=O)O)c2)c(Cl)c1. The summed E-state index contributed by atoms with van der Waals surface area (Å²) in [6.07, 6.45) is 0.296. The Bertz CT molecular complexity index is 879. The van der Waals surface area contributed by atoms with E-state index in [0.29, 0.717) is 36.8 Å². The molecule has 0 bridgehead atoms. The number of aryl methyl sites for hydroxylation is 1. The molecule has 0 saturated carbocycles. The van der Waals surface area contributed by atoms with Gasteiger partial charge in [0.1, 0.15) is 0 Å². The number of carbonyl (C=O) groups excluding carboxylic acids is 1. The van der Waals surface area contributed by atoms with Gasteiger partial charge in [0.2, 0.25) is 5.91 Å². The van der Waals surface area contributed by atoms with Gasteiger partial charge in [-0.15, -0.1) is 0 Å². The topological polar surface area (TPSA) is 78.9 Å². The number of amides is 1. The average Bonchev–Trinajstić information content (AvgIpc) is 2.67. The van der Waals surface area contributed by atoms with E-state index in [1.165, 1.54) is 6.07 Å². The summed E-state index contributed by atoms with van der Waals surface area (Å²) in [7, 11) is 0. The molecule has 2 aromatic carbocycles. The number of nitrogens with one attached hydrogen (secondary N) is 1. The summed E-state index contributed by atoms with van der Waals surface area (Å²) < 4.78 is 5.29. The Balaban J connectivity index is 1.73. The van der Waals surface area contributed by atoms with Gasteiger partial charge < -0.3 is 15.2 Å². The Morgan fingerprint density at radius 2 is 1.93 bits per heavy atom. The molecular formula is C21H23ClN2O4. The van der Waals surface area contributed by atoms with Gasteiger partial charge in [0.25, 0.3) is 0 Å². The first-order chi connectivity index (χ1) is 13.4. The number of nitrogens with zero attached hydrogens (tertiary/aromatic N) is 1. The number of morpholine rings is 1. The van der Waals surface area contributed by atoms with Crippen LogP contribution in [0.15, 0.2) is 36.4 Å². The van der Waals surface area contributed by atoms with E-state index in [1.54, 1.807) is 12.1 Å². The largest absolute Gasteiger partial charge is 0.478 e. The lowest BCUT2D eigenvalue weighted by atomic mass is 10.0. The van der Waals surface area contributed by atoms with Crippen LogP contribution in [0.5, 0.6) is 0 Å². The zero-order valence-corrected chi connectivity index (χ0v) is 16.5. The van der Waals surface area contributed by atoms with Crippen LogP contribution < -0.4 is 5.32 Å². The van der Waals surface area contributed by atoms with Crippen molar-refractivity contribution in [2.24, 2.45) is 0 Å². The quantitative estimate of drug-likeness (QED) is 0.770. The van der Waals surface area contributed by atoms with E-state index in [9.17, 15) is 14.7 Å². The van der Waals surface area contributed by atoms with Crippen LogP contribution in [0, 0.1) is 6.92 Å². The number of carboxylic acid groups (broad SMARTS) is 1. The van der Waals surface area contributed by atoms with Gasteiger partial charge in [-0.2, -0.15) is 0 Å². The molecule has 28 heavy (non-hydrogen) atoms. The molecule has 2 N–H and O–H groups in total. The van der Waals surface area contributed by atoms with Gasteiger partial charge in [-0.1, -0.05) is 29.8 Å². The highest BCUT2D eigenvalue weighted by Gasteiger charge is 2.17. The average molecular weight is 403 g/mol. The minimum atomic E-state index is -1.10. The number of halogens is 1. The van der Waals surface area contributed by atoms with Crippen molar-refractivity contribution in [1.82, 2.24) is 4.90 Å². The van der Waals surface area contributed by atoms with E-state index < -0.39 is 5.97 Å². The first-order valence-corrected chi connectivity index (χ1v) is 9.55. The van der Waals surface area contributed by atoms with Crippen molar-refractivity contribution >= 4 is 29.2 Å². The Kier molecular flexibility index (Phi) is 6.67. The second kappa shape index (κ2) is 9.19. The second-order valence-electron chi connectivity index (χ2n) is 6.80. The van der Waals surface area contributed by atoms with Gasteiger partial charge in [0.05, 0.1) is 24.5 Å². The van der Waals surface area contributed by atoms with Gasteiger partial charge in [-0.3, -0.25) is 9.69 Å². The van der Waals surface area contributed by atoms with Crippen molar-refractivity contribution in [2.45, 2.75) is 13.3 Å². The number of anilines is 1. The van der Waals surface area contributed by atoms with Crippen molar-refractivity contribution in [3.63, 3.8) is 0 Å². The number of rotatable bonds is 6. The maximum absolute atomic E-state index is 12.3. The maximum Gasteiger partial charge on any atom is 0.337 e. The van der Waals surface area contributed by atoms with E-state index >= 15 is 0 Å². The Morgan fingerprint density at radius 3 is 2.61 bits per heavy atom. The van der Waals surface area contributed by atoms with Gasteiger partial charge in [-0.25, -0.2) is 4.79 Å². The molecule has 6 nitrogen and oxygen atoms in total. The molecule has 0 radical (unpaired) electrons. The molecule has 7 heteroatoms. The molecule has 1 fully saturated rings. The molecule has 0 aromatic heterocycles. The Labute approximate surface area is 169 Å². The van der Waals surface area contributed by atoms with Crippen LogP contribution in [0.4, 0.5) is 5.69 Å². The van der Waals surface area contributed by atoms with Crippen LogP contribution in [0.25, 0.3) is 11.1 Å². The summed E-state index contributed by atoms with van der Waals surface area (Å²) in [5.41, 5.74) is 2.78. The molecule has 1 aliphatic heterocycles. The van der Waals surface area contributed by atoms with Crippen molar-refractivity contribution in [2.75, 3.05) is 38.2 Å². The molecule has 1 heterocycles. The lowest BCUT2D eigenvalue weighted by Crippen LogP contribution is -2.38. The lowest BCUT2D eigenvalue weighted by Gasteiger charge is -2.26. The van der Waals surface area contributed by atoms with Crippen molar-refractivity contribution in [3.05, 3.63) is 52.5 Å². The molecule has 3 rings (SSSR count). The summed E-state index contributed by atoms with van der Waals surface area (Å²) >= 11 is 6.30. The van der Waals surface area contributed by atoms with Crippen LogP contribution in [0.3, 0.4) is 0 Å². The van der Waals surface area contributed by atoms with E-state index in [1.807, 2.05) is 25.1 Å². The van der Waals surface area contributed by atoms with Gasteiger partial charge in [0, 0.05) is 36.6 Å². The molecule has 0 spiro atoms. The predicted molar refractivity (Wildman–Crippen MR) is 109 cm³/mol.